The Balaban J connectivity index is 2.44. The number of nitrogens with zero attached hydrogens (tertiary/aromatic N) is 2. The lowest BCUT2D eigenvalue weighted by atomic mass is 10.1. The molecule has 19 heavy (non-hydrogen) atoms. The molecule has 6 heteroatoms. The molecule has 0 saturated heterocycles. The summed E-state index contributed by atoms with van der Waals surface area (Å²) in [5.74, 6) is 0.868. The number of aryl methyl sites for hydroxylation is 3. The Morgan fingerprint density at radius 3 is 2.68 bits per heavy atom. The van der Waals surface area contributed by atoms with Gasteiger partial charge in [-0.3, -0.25) is 0 Å². The number of hydrogen-bond acceptors (Lipinski definition) is 5. The van der Waals surface area contributed by atoms with E-state index in [9.17, 15) is 0 Å². The average Bonchev–Trinajstić information content (AvgIpc) is 2.70. The molecular formula is C13H15N3O2S. The summed E-state index contributed by atoms with van der Waals surface area (Å²) >= 11 is 1.37. The average molecular weight is 277 g/mol. The highest BCUT2D eigenvalue weighted by molar-refractivity contribution is 7.99. The maximum absolute atomic E-state index is 8.83. The molecule has 2 aromatic rings. The van der Waals surface area contributed by atoms with Crippen LogP contribution in [0.25, 0.3) is 0 Å². The molecule has 0 saturated carbocycles. The molecular weight excluding hydrogens is 262 g/mol. The lowest BCUT2D eigenvalue weighted by molar-refractivity contribution is 0.318. The zero-order valence-corrected chi connectivity index (χ0v) is 11.8. The monoisotopic (exact) mass is 277 g/mol. The lowest BCUT2D eigenvalue weighted by Crippen LogP contribution is -2.14. The van der Waals surface area contributed by atoms with Crippen LogP contribution in [0, 0.1) is 20.8 Å². The fraction of sp³-hybridized carbons (Fsp3) is 0.231. The summed E-state index contributed by atoms with van der Waals surface area (Å²) in [7, 11) is 0. The number of aromatic nitrogens is 1. The van der Waals surface area contributed by atoms with Gasteiger partial charge >= 0.3 is 0 Å². The van der Waals surface area contributed by atoms with Gasteiger partial charge in [0.2, 0.25) is 0 Å². The van der Waals surface area contributed by atoms with Crippen molar-refractivity contribution in [2.75, 3.05) is 0 Å². The SMILES string of the molecule is Cc1cccc(/C(N)=N/O)c1Sc1nc(C)c(C)o1. The van der Waals surface area contributed by atoms with E-state index >= 15 is 0 Å². The van der Waals surface area contributed by atoms with Crippen molar-refractivity contribution in [3.63, 3.8) is 0 Å². The summed E-state index contributed by atoms with van der Waals surface area (Å²) in [6.07, 6.45) is 0. The van der Waals surface area contributed by atoms with Crippen molar-refractivity contribution < 1.29 is 9.62 Å². The van der Waals surface area contributed by atoms with E-state index in [1.54, 1.807) is 6.07 Å². The predicted octanol–water partition coefficient (Wildman–Crippen LogP) is 2.85. The first kappa shape index (κ1) is 13.5. The highest BCUT2D eigenvalue weighted by Gasteiger charge is 2.14. The van der Waals surface area contributed by atoms with Crippen LogP contribution < -0.4 is 5.73 Å². The van der Waals surface area contributed by atoms with E-state index in [0.29, 0.717) is 10.8 Å². The molecule has 0 fully saturated rings. The van der Waals surface area contributed by atoms with E-state index in [4.69, 9.17) is 15.4 Å². The van der Waals surface area contributed by atoms with Crippen LogP contribution in [-0.4, -0.2) is 16.0 Å². The van der Waals surface area contributed by atoms with Gasteiger partial charge in [0, 0.05) is 10.5 Å². The highest BCUT2D eigenvalue weighted by atomic mass is 32.2. The van der Waals surface area contributed by atoms with Crippen molar-refractivity contribution in [1.29, 1.82) is 0 Å². The van der Waals surface area contributed by atoms with Crippen LogP contribution in [0.3, 0.4) is 0 Å². The summed E-state index contributed by atoms with van der Waals surface area (Å²) in [4.78, 5) is 5.20. The highest BCUT2D eigenvalue weighted by Crippen LogP contribution is 2.33. The van der Waals surface area contributed by atoms with Crippen molar-refractivity contribution >= 4 is 17.6 Å². The van der Waals surface area contributed by atoms with Gasteiger partial charge in [0.05, 0.1) is 5.69 Å². The van der Waals surface area contributed by atoms with E-state index < -0.39 is 0 Å². The predicted molar refractivity (Wildman–Crippen MR) is 73.8 cm³/mol. The quantitative estimate of drug-likeness (QED) is 0.390. The lowest BCUT2D eigenvalue weighted by Gasteiger charge is -2.08. The topological polar surface area (TPSA) is 84.6 Å². The smallest absolute Gasteiger partial charge is 0.261 e. The standard InChI is InChI=1S/C13H15N3O2S/c1-7-5-4-6-10(12(14)16-17)11(7)19-13-15-8(2)9(3)18-13/h4-6,17H,1-3H3,(H2,14,16). The molecule has 0 radical (unpaired) electrons. The Morgan fingerprint density at radius 1 is 1.37 bits per heavy atom. The van der Waals surface area contributed by atoms with Crippen LogP contribution in [-0.2, 0) is 0 Å². The number of nitrogens with two attached hydrogens (primary N) is 1. The van der Waals surface area contributed by atoms with Crippen LogP contribution in [0.4, 0.5) is 0 Å². The molecule has 1 heterocycles. The van der Waals surface area contributed by atoms with Crippen LogP contribution in [0.1, 0.15) is 22.6 Å². The van der Waals surface area contributed by atoms with Gasteiger partial charge in [-0.2, -0.15) is 0 Å². The maximum Gasteiger partial charge on any atom is 0.261 e. The Hall–Kier alpha value is -1.95. The third kappa shape index (κ3) is 2.73. The van der Waals surface area contributed by atoms with Crippen LogP contribution in [0.15, 0.2) is 37.9 Å². The summed E-state index contributed by atoms with van der Waals surface area (Å²) < 4.78 is 5.55. The summed E-state index contributed by atoms with van der Waals surface area (Å²) in [5, 5.41) is 12.4. The summed E-state index contributed by atoms with van der Waals surface area (Å²) in [5.41, 5.74) is 8.23. The van der Waals surface area contributed by atoms with Gasteiger partial charge in [-0.05, 0) is 44.2 Å². The number of amidine groups is 1. The molecule has 1 aromatic heterocycles. The number of rotatable bonds is 3. The van der Waals surface area contributed by atoms with Gasteiger partial charge in [-0.25, -0.2) is 4.98 Å². The van der Waals surface area contributed by atoms with E-state index in [2.05, 4.69) is 10.1 Å². The van der Waals surface area contributed by atoms with E-state index in [1.807, 2.05) is 32.9 Å². The minimum atomic E-state index is 0.0752. The number of benzene rings is 1. The largest absolute Gasteiger partial charge is 0.436 e. The Morgan fingerprint density at radius 2 is 2.11 bits per heavy atom. The van der Waals surface area contributed by atoms with Crippen molar-refractivity contribution in [1.82, 2.24) is 4.98 Å². The molecule has 2 rings (SSSR count). The van der Waals surface area contributed by atoms with Crippen molar-refractivity contribution in [3.05, 3.63) is 40.8 Å². The van der Waals surface area contributed by atoms with Gasteiger partial charge in [0.15, 0.2) is 5.84 Å². The third-order valence-electron chi connectivity index (χ3n) is 2.79. The van der Waals surface area contributed by atoms with Gasteiger partial charge in [-0.15, -0.1) is 0 Å². The molecule has 0 bridgehead atoms. The first-order valence-electron chi connectivity index (χ1n) is 5.72. The molecule has 0 spiro atoms. The van der Waals surface area contributed by atoms with Gasteiger partial charge in [-0.1, -0.05) is 17.3 Å². The van der Waals surface area contributed by atoms with Gasteiger partial charge < -0.3 is 15.4 Å². The maximum atomic E-state index is 8.83. The molecule has 0 aliphatic carbocycles. The van der Waals surface area contributed by atoms with Crippen LogP contribution in [0.5, 0.6) is 0 Å². The molecule has 0 atom stereocenters. The summed E-state index contributed by atoms with van der Waals surface area (Å²) in [6, 6.07) is 5.62. The second kappa shape index (κ2) is 5.36. The van der Waals surface area contributed by atoms with Crippen LogP contribution >= 0.6 is 11.8 Å². The molecule has 0 aliphatic heterocycles. The number of hydrogen-bond donors (Lipinski definition) is 2. The first-order chi connectivity index (χ1) is 9.02. The van der Waals surface area contributed by atoms with Crippen molar-refractivity contribution in [3.8, 4) is 0 Å². The molecule has 3 N–H and O–H groups in total. The molecule has 0 unspecified atom stereocenters. The fourth-order valence-electron chi connectivity index (χ4n) is 1.62. The Kier molecular flexibility index (Phi) is 3.80. The zero-order chi connectivity index (χ0) is 14.0. The second-order valence-corrected chi connectivity index (χ2v) is 5.12. The number of oxazole rings is 1. The first-order valence-corrected chi connectivity index (χ1v) is 6.54. The Bertz CT molecular complexity index is 615. The van der Waals surface area contributed by atoms with E-state index in [0.717, 1.165) is 21.9 Å². The minimum Gasteiger partial charge on any atom is -0.436 e. The van der Waals surface area contributed by atoms with E-state index in [-0.39, 0.29) is 5.84 Å². The molecule has 100 valence electrons. The normalized spacial score (nSPS) is 11.8. The summed E-state index contributed by atoms with van der Waals surface area (Å²) in [6.45, 7) is 5.72. The van der Waals surface area contributed by atoms with Crippen molar-refractivity contribution in [2.24, 2.45) is 10.9 Å². The molecule has 5 nitrogen and oxygen atoms in total. The van der Waals surface area contributed by atoms with Crippen LogP contribution in [0.2, 0.25) is 0 Å². The fourth-order valence-corrected chi connectivity index (χ4v) is 2.65. The minimum absolute atomic E-state index is 0.0752. The third-order valence-corrected chi connectivity index (χ3v) is 3.89. The van der Waals surface area contributed by atoms with E-state index in [1.165, 1.54) is 11.8 Å². The molecule has 1 aromatic carbocycles. The second-order valence-electron chi connectivity index (χ2n) is 4.16. The number of oxime groups is 1. The zero-order valence-electron chi connectivity index (χ0n) is 11.0. The van der Waals surface area contributed by atoms with Gasteiger partial charge in [0.25, 0.3) is 5.22 Å². The van der Waals surface area contributed by atoms with Gasteiger partial charge in [0.1, 0.15) is 5.76 Å². The Labute approximate surface area is 115 Å². The molecule has 0 aliphatic rings. The molecule has 0 amide bonds. The van der Waals surface area contributed by atoms with Crippen molar-refractivity contribution in [2.45, 2.75) is 30.9 Å².